The highest BCUT2D eigenvalue weighted by Crippen LogP contribution is 2.39. The smallest absolute Gasteiger partial charge is 0.112 e. The molecule has 3 N–H and O–H groups in total. The average molecular weight is 303 g/mol. The molecule has 1 aromatic rings. The van der Waals surface area contributed by atoms with Gasteiger partial charge in [-0.25, -0.2) is 4.68 Å². The number of nitrogens with two attached hydrogens (primary N) is 1. The Labute approximate surface area is 133 Å². The third-order valence-electron chi connectivity index (χ3n) is 5.94. The molecule has 0 amide bonds. The van der Waals surface area contributed by atoms with Gasteiger partial charge in [0.2, 0.25) is 0 Å². The summed E-state index contributed by atoms with van der Waals surface area (Å²) in [6.07, 6.45) is 16.3. The first-order chi connectivity index (χ1) is 10.7. The molecule has 0 aliphatic heterocycles. The Morgan fingerprint density at radius 2 is 1.77 bits per heavy atom. The van der Waals surface area contributed by atoms with Gasteiger partial charge in [-0.3, -0.25) is 0 Å². The van der Waals surface area contributed by atoms with Crippen LogP contribution in [-0.2, 0) is 5.66 Å². The number of nitrogens with one attached hydrogen (secondary N) is 1. The quantitative estimate of drug-likeness (QED) is 0.877. The summed E-state index contributed by atoms with van der Waals surface area (Å²) >= 11 is 0. The van der Waals surface area contributed by atoms with E-state index in [0.29, 0.717) is 18.0 Å². The van der Waals surface area contributed by atoms with Crippen LogP contribution < -0.4 is 11.1 Å². The largest absolute Gasteiger partial charge is 0.307 e. The first-order valence-corrected chi connectivity index (χ1v) is 9.22. The van der Waals surface area contributed by atoms with Gasteiger partial charge in [0.05, 0.1) is 17.9 Å². The molecule has 22 heavy (non-hydrogen) atoms. The lowest BCUT2D eigenvalue weighted by atomic mass is 9.82. The maximum atomic E-state index is 6.26. The molecule has 1 aromatic heterocycles. The van der Waals surface area contributed by atoms with Crippen LogP contribution in [0.15, 0.2) is 6.20 Å². The lowest BCUT2D eigenvalue weighted by Crippen LogP contribution is -2.36. The van der Waals surface area contributed by atoms with Crippen molar-refractivity contribution in [3.63, 3.8) is 0 Å². The first-order valence-electron chi connectivity index (χ1n) is 9.22. The second kappa shape index (κ2) is 5.93. The van der Waals surface area contributed by atoms with E-state index in [1.54, 1.807) is 0 Å². The lowest BCUT2D eigenvalue weighted by molar-refractivity contribution is 0.249. The highest BCUT2D eigenvalue weighted by Gasteiger charge is 2.42. The molecule has 3 aliphatic rings. The van der Waals surface area contributed by atoms with Gasteiger partial charge in [0.25, 0.3) is 0 Å². The van der Waals surface area contributed by atoms with Crippen LogP contribution in [-0.4, -0.2) is 21.0 Å². The molecule has 3 aliphatic carbocycles. The highest BCUT2D eigenvalue weighted by atomic mass is 15.5. The van der Waals surface area contributed by atoms with E-state index < -0.39 is 0 Å². The van der Waals surface area contributed by atoms with Crippen LogP contribution in [0.25, 0.3) is 0 Å². The van der Waals surface area contributed by atoms with E-state index in [9.17, 15) is 0 Å². The molecule has 3 fully saturated rings. The summed E-state index contributed by atoms with van der Waals surface area (Å²) in [5.74, 6) is 0.715. The minimum Gasteiger partial charge on any atom is -0.307 e. The summed E-state index contributed by atoms with van der Waals surface area (Å²) in [5.41, 5.74) is 7.14. The second-order valence-electron chi connectivity index (χ2n) is 7.72. The van der Waals surface area contributed by atoms with Gasteiger partial charge in [-0.05, 0) is 44.4 Å². The normalized spacial score (nSPS) is 27.1. The molecular weight excluding hydrogens is 274 g/mol. The van der Waals surface area contributed by atoms with E-state index in [1.165, 1.54) is 57.8 Å². The minimum atomic E-state index is -0.240. The van der Waals surface area contributed by atoms with Crippen LogP contribution in [0.4, 0.5) is 0 Å². The topological polar surface area (TPSA) is 68.8 Å². The standard InChI is InChI=1S/C17H29N5/c18-17(10-11-17)22-12-15(20-21-22)16(13-6-2-1-3-7-13)19-14-8-4-5-9-14/h12-14,16,19H,1-11,18H2/t16-/m0/s1. The third-order valence-corrected chi connectivity index (χ3v) is 5.94. The van der Waals surface area contributed by atoms with Gasteiger partial charge < -0.3 is 11.1 Å². The Bertz CT molecular complexity index is 495. The third kappa shape index (κ3) is 2.93. The van der Waals surface area contributed by atoms with E-state index in [1.807, 2.05) is 4.68 Å². The SMILES string of the molecule is NC1(n2cc([C@@H](NC3CCCC3)C3CCCCC3)nn2)CC1. The van der Waals surface area contributed by atoms with Crippen molar-refractivity contribution >= 4 is 0 Å². The number of nitrogens with zero attached hydrogens (tertiary/aromatic N) is 3. The number of aromatic nitrogens is 3. The van der Waals surface area contributed by atoms with Crippen molar-refractivity contribution < 1.29 is 0 Å². The molecule has 0 radical (unpaired) electrons. The molecule has 0 saturated heterocycles. The van der Waals surface area contributed by atoms with Gasteiger partial charge in [-0.15, -0.1) is 5.10 Å². The summed E-state index contributed by atoms with van der Waals surface area (Å²) in [7, 11) is 0. The molecule has 5 nitrogen and oxygen atoms in total. The fourth-order valence-electron chi connectivity index (χ4n) is 4.27. The summed E-state index contributed by atoms with van der Waals surface area (Å²) < 4.78 is 1.91. The molecule has 3 saturated carbocycles. The van der Waals surface area contributed by atoms with Crippen LogP contribution in [0.5, 0.6) is 0 Å². The molecular formula is C17H29N5. The summed E-state index contributed by atoms with van der Waals surface area (Å²) in [5, 5.41) is 12.8. The van der Waals surface area contributed by atoms with Gasteiger partial charge >= 0.3 is 0 Å². The van der Waals surface area contributed by atoms with Gasteiger partial charge in [0.1, 0.15) is 5.66 Å². The maximum Gasteiger partial charge on any atom is 0.112 e. The Morgan fingerprint density at radius 1 is 1.09 bits per heavy atom. The Balaban J connectivity index is 1.53. The van der Waals surface area contributed by atoms with Crippen LogP contribution in [0, 0.1) is 5.92 Å². The van der Waals surface area contributed by atoms with Crippen LogP contribution in [0.1, 0.15) is 82.4 Å². The van der Waals surface area contributed by atoms with Crippen molar-refractivity contribution in [2.75, 3.05) is 0 Å². The molecule has 1 atom stereocenters. The van der Waals surface area contributed by atoms with Crippen molar-refractivity contribution in [3.8, 4) is 0 Å². The van der Waals surface area contributed by atoms with Crippen LogP contribution in [0.2, 0.25) is 0 Å². The van der Waals surface area contributed by atoms with Gasteiger partial charge in [-0.2, -0.15) is 0 Å². The van der Waals surface area contributed by atoms with E-state index in [4.69, 9.17) is 5.73 Å². The van der Waals surface area contributed by atoms with Crippen molar-refractivity contribution in [2.24, 2.45) is 11.7 Å². The predicted octanol–water partition coefficient (Wildman–Crippen LogP) is 2.84. The fraction of sp³-hybridized carbons (Fsp3) is 0.882. The number of hydrogen-bond acceptors (Lipinski definition) is 4. The van der Waals surface area contributed by atoms with Gasteiger partial charge in [0, 0.05) is 6.04 Å². The van der Waals surface area contributed by atoms with Crippen LogP contribution in [0.3, 0.4) is 0 Å². The zero-order valence-corrected chi connectivity index (χ0v) is 13.5. The minimum absolute atomic E-state index is 0.240. The molecule has 0 spiro atoms. The number of hydrogen-bond donors (Lipinski definition) is 2. The molecule has 0 bridgehead atoms. The molecule has 0 aromatic carbocycles. The maximum absolute atomic E-state index is 6.26. The van der Waals surface area contributed by atoms with Crippen LogP contribution >= 0.6 is 0 Å². The second-order valence-corrected chi connectivity index (χ2v) is 7.72. The van der Waals surface area contributed by atoms with Crippen molar-refractivity contribution in [2.45, 2.75) is 88.4 Å². The number of rotatable bonds is 5. The lowest BCUT2D eigenvalue weighted by Gasteiger charge is -2.32. The molecule has 1 heterocycles. The Kier molecular flexibility index (Phi) is 3.95. The van der Waals surface area contributed by atoms with Gasteiger partial charge in [-0.1, -0.05) is 37.3 Å². The summed E-state index contributed by atoms with van der Waals surface area (Å²) in [4.78, 5) is 0. The zero-order chi connectivity index (χ0) is 15.0. The molecule has 4 rings (SSSR count). The summed E-state index contributed by atoms with van der Waals surface area (Å²) in [6, 6.07) is 1.05. The first kappa shape index (κ1) is 14.6. The molecule has 122 valence electrons. The van der Waals surface area contributed by atoms with Crippen molar-refractivity contribution in [1.29, 1.82) is 0 Å². The van der Waals surface area contributed by atoms with Gasteiger partial charge in [0.15, 0.2) is 0 Å². The Hall–Kier alpha value is -0.940. The average Bonchev–Trinajstić information content (AvgIpc) is 3.01. The van der Waals surface area contributed by atoms with E-state index >= 15 is 0 Å². The molecule has 0 unspecified atom stereocenters. The molecule has 5 heteroatoms. The predicted molar refractivity (Wildman–Crippen MR) is 86.1 cm³/mol. The fourth-order valence-corrected chi connectivity index (χ4v) is 4.27. The van der Waals surface area contributed by atoms with Crippen molar-refractivity contribution in [1.82, 2.24) is 20.3 Å². The monoisotopic (exact) mass is 303 g/mol. The Morgan fingerprint density at radius 3 is 2.45 bits per heavy atom. The van der Waals surface area contributed by atoms with E-state index in [2.05, 4.69) is 21.8 Å². The van der Waals surface area contributed by atoms with Crippen molar-refractivity contribution in [3.05, 3.63) is 11.9 Å². The highest BCUT2D eigenvalue weighted by molar-refractivity contribution is 5.08. The summed E-state index contributed by atoms with van der Waals surface area (Å²) in [6.45, 7) is 0. The van der Waals surface area contributed by atoms with E-state index in [0.717, 1.165) is 18.5 Å². The zero-order valence-electron chi connectivity index (χ0n) is 13.5. The van der Waals surface area contributed by atoms with E-state index in [-0.39, 0.29) is 5.66 Å².